The fraction of sp³-hybridized carbons (Fsp3) is 0.870. The molecule has 2 bridgehead atoms. The van der Waals surface area contributed by atoms with Crippen LogP contribution in [0, 0.1) is 29.1 Å². The summed E-state index contributed by atoms with van der Waals surface area (Å²) in [7, 11) is 0. The first-order valence-corrected chi connectivity index (χ1v) is 11.4. The van der Waals surface area contributed by atoms with Gasteiger partial charge in [-0.15, -0.1) is 0 Å². The van der Waals surface area contributed by atoms with Crippen molar-refractivity contribution in [2.45, 2.75) is 96.9 Å². The van der Waals surface area contributed by atoms with E-state index in [2.05, 4.69) is 6.92 Å². The largest absolute Gasteiger partial charge is 0.459 e. The van der Waals surface area contributed by atoms with Crippen LogP contribution in [0.2, 0.25) is 0 Å². The lowest BCUT2D eigenvalue weighted by molar-refractivity contribution is -0.181. The molecule has 4 rings (SSSR count). The number of esters is 3. The molecule has 6 atom stereocenters. The minimum Gasteiger partial charge on any atom is -0.459 e. The van der Waals surface area contributed by atoms with Gasteiger partial charge in [-0.05, 0) is 58.8 Å². The van der Waals surface area contributed by atoms with E-state index >= 15 is 0 Å². The molecule has 1 saturated heterocycles. The van der Waals surface area contributed by atoms with E-state index < -0.39 is 35.1 Å². The second kappa shape index (κ2) is 7.28. The molecule has 1 aliphatic heterocycles. The van der Waals surface area contributed by atoms with Crippen LogP contribution in [0.4, 0.5) is 0 Å². The van der Waals surface area contributed by atoms with Gasteiger partial charge in [0.25, 0.3) is 0 Å². The quantitative estimate of drug-likeness (QED) is 0.493. The smallest absolute Gasteiger partial charge is 0.311 e. The Morgan fingerprint density at radius 2 is 1.83 bits per heavy atom. The molecule has 6 nitrogen and oxygen atoms in total. The van der Waals surface area contributed by atoms with E-state index in [9.17, 15) is 14.4 Å². The van der Waals surface area contributed by atoms with Crippen molar-refractivity contribution < 1.29 is 28.6 Å². The highest BCUT2D eigenvalue weighted by Crippen LogP contribution is 2.59. The molecule has 29 heavy (non-hydrogen) atoms. The summed E-state index contributed by atoms with van der Waals surface area (Å²) in [6.45, 7) is 7.72. The number of hydrogen-bond acceptors (Lipinski definition) is 6. The molecule has 0 amide bonds. The van der Waals surface area contributed by atoms with Crippen molar-refractivity contribution in [3.63, 3.8) is 0 Å². The summed E-state index contributed by atoms with van der Waals surface area (Å²) in [5, 5.41) is 0. The van der Waals surface area contributed by atoms with Gasteiger partial charge in [0, 0.05) is 11.8 Å². The van der Waals surface area contributed by atoms with Crippen LogP contribution >= 0.6 is 0 Å². The molecule has 0 aromatic rings. The summed E-state index contributed by atoms with van der Waals surface area (Å²) in [6.07, 6.45) is 6.27. The van der Waals surface area contributed by atoms with Gasteiger partial charge in [-0.3, -0.25) is 14.4 Å². The monoisotopic (exact) mass is 406 g/mol. The lowest BCUT2D eigenvalue weighted by Crippen LogP contribution is -2.47. The Labute approximate surface area is 173 Å². The Bertz CT molecular complexity index is 691. The van der Waals surface area contributed by atoms with Gasteiger partial charge in [-0.1, -0.05) is 20.3 Å². The molecular weight excluding hydrogens is 372 g/mol. The Morgan fingerprint density at radius 3 is 2.45 bits per heavy atom. The molecule has 4 aliphatic rings. The maximum Gasteiger partial charge on any atom is 0.311 e. The summed E-state index contributed by atoms with van der Waals surface area (Å²) in [5.74, 6) is -2.14. The third-order valence-corrected chi connectivity index (χ3v) is 8.22. The number of fused-ring (bicyclic) bond motifs is 1. The van der Waals surface area contributed by atoms with E-state index in [4.69, 9.17) is 14.2 Å². The van der Waals surface area contributed by atoms with Crippen molar-refractivity contribution in [1.29, 1.82) is 0 Å². The maximum absolute atomic E-state index is 13.3. The molecule has 3 saturated carbocycles. The van der Waals surface area contributed by atoms with Crippen LogP contribution in [-0.2, 0) is 28.6 Å². The second-order valence-electron chi connectivity index (χ2n) is 10.1. The summed E-state index contributed by atoms with van der Waals surface area (Å²) in [4.78, 5) is 38.6. The highest BCUT2D eigenvalue weighted by molar-refractivity contribution is 5.86. The lowest BCUT2D eigenvalue weighted by Gasteiger charge is -2.39. The standard InChI is InChI=1S/C23H34O6/c1-5-22(3,4)21(26)28-18-14-12-13-15(19(24)27-17(13)18)16(14)20(25)29-23(6-2)10-8-7-9-11-23/h13-18H,5-12H2,1-4H3. The average Bonchev–Trinajstić information content (AvgIpc) is 3.32. The van der Waals surface area contributed by atoms with E-state index in [1.54, 1.807) is 0 Å². The highest BCUT2D eigenvalue weighted by Gasteiger charge is 2.70. The molecule has 0 aromatic heterocycles. The number of ether oxygens (including phenoxy) is 3. The van der Waals surface area contributed by atoms with Gasteiger partial charge >= 0.3 is 17.9 Å². The molecule has 0 N–H and O–H groups in total. The van der Waals surface area contributed by atoms with Crippen LogP contribution in [0.15, 0.2) is 0 Å². The first kappa shape index (κ1) is 20.7. The number of hydrogen-bond donors (Lipinski definition) is 0. The Hall–Kier alpha value is -1.59. The summed E-state index contributed by atoms with van der Waals surface area (Å²) < 4.78 is 17.6. The number of carbonyl (C=O) groups excluding carboxylic acids is 3. The van der Waals surface area contributed by atoms with Gasteiger partial charge in [0.15, 0.2) is 0 Å². The maximum atomic E-state index is 13.3. The predicted molar refractivity (Wildman–Crippen MR) is 105 cm³/mol. The first-order valence-electron chi connectivity index (χ1n) is 11.4. The van der Waals surface area contributed by atoms with Crippen LogP contribution in [-0.4, -0.2) is 35.7 Å². The van der Waals surface area contributed by atoms with E-state index in [1.807, 2.05) is 20.8 Å². The Kier molecular flexibility index (Phi) is 5.19. The molecule has 3 aliphatic carbocycles. The molecule has 4 fully saturated rings. The van der Waals surface area contributed by atoms with Crippen LogP contribution in [0.25, 0.3) is 0 Å². The van der Waals surface area contributed by atoms with Crippen molar-refractivity contribution in [3.8, 4) is 0 Å². The van der Waals surface area contributed by atoms with Crippen molar-refractivity contribution in [2.24, 2.45) is 29.1 Å². The van der Waals surface area contributed by atoms with E-state index in [1.165, 1.54) is 6.42 Å². The minimum atomic E-state index is -0.603. The fourth-order valence-electron chi connectivity index (χ4n) is 5.90. The Balaban J connectivity index is 1.54. The lowest BCUT2D eigenvalue weighted by atomic mass is 9.77. The molecular formula is C23H34O6. The van der Waals surface area contributed by atoms with Crippen LogP contribution in [0.5, 0.6) is 0 Å². The van der Waals surface area contributed by atoms with Gasteiger partial charge in [0.2, 0.25) is 0 Å². The SMILES string of the molecule is CCC1(OC(=O)C2C3CC4C(OC(=O)C42)C3OC(=O)C(C)(C)CC)CCCCC1. The zero-order chi connectivity index (χ0) is 21.0. The molecule has 0 aromatic carbocycles. The predicted octanol–water partition coefficient (Wildman–Crippen LogP) is 3.80. The summed E-state index contributed by atoms with van der Waals surface area (Å²) in [5.41, 5.74) is -1.01. The molecule has 0 spiro atoms. The number of carbonyl (C=O) groups is 3. The second-order valence-corrected chi connectivity index (χ2v) is 10.1. The summed E-state index contributed by atoms with van der Waals surface area (Å²) in [6, 6.07) is 0. The highest BCUT2D eigenvalue weighted by atomic mass is 16.6. The molecule has 162 valence electrons. The van der Waals surface area contributed by atoms with Crippen molar-refractivity contribution in [1.82, 2.24) is 0 Å². The average molecular weight is 407 g/mol. The zero-order valence-corrected chi connectivity index (χ0v) is 18.1. The van der Waals surface area contributed by atoms with Gasteiger partial charge in [-0.2, -0.15) is 0 Å². The third-order valence-electron chi connectivity index (χ3n) is 8.22. The van der Waals surface area contributed by atoms with Crippen LogP contribution in [0.3, 0.4) is 0 Å². The fourth-order valence-corrected chi connectivity index (χ4v) is 5.90. The third kappa shape index (κ3) is 3.27. The van der Waals surface area contributed by atoms with Crippen LogP contribution in [0.1, 0.15) is 79.1 Å². The normalized spacial score (nSPS) is 37.3. The minimum absolute atomic E-state index is 0.0449. The van der Waals surface area contributed by atoms with E-state index in [0.717, 1.165) is 32.1 Å². The van der Waals surface area contributed by atoms with Gasteiger partial charge in [0.05, 0.1) is 17.3 Å². The number of rotatable bonds is 6. The Morgan fingerprint density at radius 1 is 1.14 bits per heavy atom. The molecule has 1 heterocycles. The van der Waals surface area contributed by atoms with Crippen LogP contribution < -0.4 is 0 Å². The molecule has 6 heteroatoms. The summed E-state index contributed by atoms with van der Waals surface area (Å²) >= 11 is 0. The van der Waals surface area contributed by atoms with Crippen molar-refractivity contribution >= 4 is 17.9 Å². The molecule has 6 unspecified atom stereocenters. The first-order chi connectivity index (χ1) is 13.7. The van der Waals surface area contributed by atoms with Gasteiger partial charge in [-0.25, -0.2) is 0 Å². The van der Waals surface area contributed by atoms with Gasteiger partial charge < -0.3 is 14.2 Å². The topological polar surface area (TPSA) is 78.9 Å². The zero-order valence-electron chi connectivity index (χ0n) is 18.1. The molecule has 0 radical (unpaired) electrons. The van der Waals surface area contributed by atoms with Crippen molar-refractivity contribution in [2.75, 3.05) is 0 Å². The van der Waals surface area contributed by atoms with E-state index in [-0.39, 0.29) is 29.7 Å². The van der Waals surface area contributed by atoms with Gasteiger partial charge in [0.1, 0.15) is 17.8 Å². The van der Waals surface area contributed by atoms with Crippen molar-refractivity contribution in [3.05, 3.63) is 0 Å². The van der Waals surface area contributed by atoms with E-state index in [0.29, 0.717) is 12.8 Å².